The quantitative estimate of drug-likeness (QED) is 0.442. The predicted molar refractivity (Wildman–Crippen MR) is 43.2 cm³/mol. The van der Waals surface area contributed by atoms with E-state index in [9.17, 15) is 0 Å². The second-order valence-electron chi connectivity index (χ2n) is 3.33. The minimum atomic E-state index is -1.29. The van der Waals surface area contributed by atoms with Gasteiger partial charge in [0.15, 0.2) is 0 Å². The van der Waals surface area contributed by atoms with E-state index in [1.165, 1.54) is 4.79 Å². The molecule has 2 N–H and O–H groups in total. The number of rotatable bonds is 1. The van der Waals surface area contributed by atoms with Crippen LogP contribution in [-0.2, 0) is 0 Å². The normalized spacial score (nSPS) is 11.9. The summed E-state index contributed by atoms with van der Waals surface area (Å²) in [7, 11) is -1.29. The molecule has 0 unspecified atom stereocenters. The number of aromatic nitrogens is 3. The Hall–Kier alpha value is -0.843. The SMILES string of the molecule is C[Si](C)(C)c1cn(N)nn1. The fourth-order valence-electron chi connectivity index (χ4n) is 0.620. The lowest BCUT2D eigenvalue weighted by Crippen LogP contribution is -2.38. The van der Waals surface area contributed by atoms with Gasteiger partial charge in [-0.3, -0.25) is 0 Å². The molecular weight excluding hydrogens is 144 g/mol. The molecule has 0 radical (unpaired) electrons. The highest BCUT2D eigenvalue weighted by atomic mass is 28.3. The minimum absolute atomic E-state index is 1.05. The molecule has 4 nitrogen and oxygen atoms in total. The maximum absolute atomic E-state index is 5.34. The smallest absolute Gasteiger partial charge is 0.106 e. The van der Waals surface area contributed by atoms with Gasteiger partial charge in [-0.25, -0.2) is 0 Å². The van der Waals surface area contributed by atoms with E-state index in [4.69, 9.17) is 5.84 Å². The van der Waals surface area contributed by atoms with Crippen LogP contribution in [0.3, 0.4) is 0 Å². The van der Waals surface area contributed by atoms with Crippen LogP contribution < -0.4 is 11.2 Å². The van der Waals surface area contributed by atoms with Crippen LogP contribution in [0.25, 0.3) is 0 Å². The summed E-state index contributed by atoms with van der Waals surface area (Å²) in [6, 6.07) is 0. The molecule has 1 aromatic heterocycles. The lowest BCUT2D eigenvalue weighted by molar-refractivity contribution is 0.766. The van der Waals surface area contributed by atoms with Gasteiger partial charge in [0.1, 0.15) is 8.07 Å². The summed E-state index contributed by atoms with van der Waals surface area (Å²) in [4.78, 5) is 1.26. The summed E-state index contributed by atoms with van der Waals surface area (Å²) in [6.45, 7) is 6.62. The van der Waals surface area contributed by atoms with Gasteiger partial charge in [-0.05, 0) is 5.21 Å². The first-order valence-electron chi connectivity index (χ1n) is 3.18. The Kier molecular flexibility index (Phi) is 1.51. The van der Waals surface area contributed by atoms with Crippen LogP contribution in [0.5, 0.6) is 0 Å². The summed E-state index contributed by atoms with van der Waals surface area (Å²) < 4.78 is 0. The highest BCUT2D eigenvalue weighted by Gasteiger charge is 2.19. The van der Waals surface area contributed by atoms with E-state index < -0.39 is 8.07 Å². The van der Waals surface area contributed by atoms with Gasteiger partial charge in [-0.1, -0.05) is 19.6 Å². The van der Waals surface area contributed by atoms with E-state index in [0.29, 0.717) is 0 Å². The standard InChI is InChI=1S/C5H12N4Si/c1-10(2,3)5-4-9(6)8-7-5/h4H,6H2,1-3H3. The van der Waals surface area contributed by atoms with Gasteiger partial charge in [0, 0.05) is 0 Å². The third-order valence-electron chi connectivity index (χ3n) is 1.28. The van der Waals surface area contributed by atoms with Crippen molar-refractivity contribution in [3.8, 4) is 0 Å². The molecule has 56 valence electrons. The maximum Gasteiger partial charge on any atom is 0.106 e. The van der Waals surface area contributed by atoms with Gasteiger partial charge >= 0.3 is 0 Å². The highest BCUT2D eigenvalue weighted by molar-refractivity contribution is 6.88. The summed E-state index contributed by atoms with van der Waals surface area (Å²) in [5, 5.41) is 8.65. The summed E-state index contributed by atoms with van der Waals surface area (Å²) in [6.07, 6.45) is 1.78. The van der Waals surface area contributed by atoms with Crippen molar-refractivity contribution < 1.29 is 0 Å². The Bertz CT molecular complexity index is 224. The molecule has 5 heteroatoms. The van der Waals surface area contributed by atoms with Crippen LogP contribution in [0.1, 0.15) is 0 Å². The van der Waals surface area contributed by atoms with Gasteiger partial charge < -0.3 is 5.84 Å². The molecule has 1 rings (SSSR count). The van der Waals surface area contributed by atoms with E-state index >= 15 is 0 Å². The number of hydrogen-bond acceptors (Lipinski definition) is 3. The summed E-state index contributed by atoms with van der Waals surface area (Å²) >= 11 is 0. The average Bonchev–Trinajstić information content (AvgIpc) is 2.11. The molecule has 0 aliphatic rings. The molecule has 0 atom stereocenters. The molecule has 1 aromatic rings. The fraction of sp³-hybridized carbons (Fsp3) is 0.600. The van der Waals surface area contributed by atoms with E-state index in [2.05, 4.69) is 30.0 Å². The van der Waals surface area contributed by atoms with Crippen molar-refractivity contribution in [3.05, 3.63) is 6.20 Å². The fourth-order valence-corrected chi connectivity index (χ4v) is 1.48. The maximum atomic E-state index is 5.34. The van der Waals surface area contributed by atoms with Crippen molar-refractivity contribution in [1.82, 2.24) is 15.1 Å². The van der Waals surface area contributed by atoms with Crippen molar-refractivity contribution in [2.75, 3.05) is 5.84 Å². The van der Waals surface area contributed by atoms with E-state index in [1.807, 2.05) is 0 Å². The number of hydrogen-bond donors (Lipinski definition) is 1. The van der Waals surface area contributed by atoms with E-state index in [0.717, 1.165) is 5.32 Å². The molecule has 0 bridgehead atoms. The third-order valence-corrected chi connectivity index (χ3v) is 3.04. The first kappa shape index (κ1) is 7.27. The van der Waals surface area contributed by atoms with Crippen molar-refractivity contribution in [3.63, 3.8) is 0 Å². The summed E-state index contributed by atoms with van der Waals surface area (Å²) in [5.74, 6) is 5.34. The lowest BCUT2D eigenvalue weighted by atomic mass is 10.9. The van der Waals surface area contributed by atoms with Crippen LogP contribution in [0.15, 0.2) is 6.20 Å². The molecule has 0 fully saturated rings. The zero-order valence-electron chi connectivity index (χ0n) is 6.50. The molecule has 0 aromatic carbocycles. The van der Waals surface area contributed by atoms with E-state index in [-0.39, 0.29) is 0 Å². The number of nitrogens with zero attached hydrogens (tertiary/aromatic N) is 3. The van der Waals surface area contributed by atoms with Gasteiger partial charge in [-0.2, -0.15) is 4.79 Å². The van der Waals surface area contributed by atoms with Gasteiger partial charge in [0.05, 0.1) is 11.5 Å². The Balaban J connectivity index is 2.96. The second-order valence-corrected chi connectivity index (χ2v) is 8.35. The molecule has 0 amide bonds. The molecule has 1 heterocycles. The van der Waals surface area contributed by atoms with E-state index in [1.54, 1.807) is 6.20 Å². The van der Waals surface area contributed by atoms with Crippen molar-refractivity contribution >= 4 is 13.4 Å². The van der Waals surface area contributed by atoms with Gasteiger partial charge in [0.25, 0.3) is 0 Å². The van der Waals surface area contributed by atoms with Crippen LogP contribution in [0.4, 0.5) is 0 Å². The molecule has 0 saturated carbocycles. The van der Waals surface area contributed by atoms with Gasteiger partial charge in [0.2, 0.25) is 0 Å². The monoisotopic (exact) mass is 156 g/mol. The Morgan fingerprint density at radius 2 is 2.10 bits per heavy atom. The van der Waals surface area contributed by atoms with Gasteiger partial charge in [-0.15, -0.1) is 5.10 Å². The largest absolute Gasteiger partial charge is 0.322 e. The predicted octanol–water partition coefficient (Wildman–Crippen LogP) is -0.463. The second kappa shape index (κ2) is 2.08. The molecule has 0 aliphatic carbocycles. The molecule has 0 saturated heterocycles. The van der Waals surface area contributed by atoms with Crippen molar-refractivity contribution in [2.45, 2.75) is 19.6 Å². The average molecular weight is 156 g/mol. The third kappa shape index (κ3) is 1.35. The molecule has 10 heavy (non-hydrogen) atoms. The first-order valence-corrected chi connectivity index (χ1v) is 6.68. The van der Waals surface area contributed by atoms with Crippen LogP contribution in [0.2, 0.25) is 19.6 Å². The zero-order valence-corrected chi connectivity index (χ0v) is 7.50. The Morgan fingerprint density at radius 1 is 1.50 bits per heavy atom. The Morgan fingerprint density at radius 3 is 2.30 bits per heavy atom. The number of nitrogens with two attached hydrogens (primary N) is 1. The highest BCUT2D eigenvalue weighted by Crippen LogP contribution is 1.96. The van der Waals surface area contributed by atoms with Crippen molar-refractivity contribution in [2.24, 2.45) is 0 Å². The summed E-state index contributed by atoms with van der Waals surface area (Å²) in [5.41, 5.74) is 0. The topological polar surface area (TPSA) is 56.7 Å². The van der Waals surface area contributed by atoms with Crippen molar-refractivity contribution in [1.29, 1.82) is 0 Å². The molecular formula is C5H12N4Si. The lowest BCUT2D eigenvalue weighted by Gasteiger charge is -2.09. The van der Waals surface area contributed by atoms with Crippen LogP contribution in [-0.4, -0.2) is 23.2 Å². The first-order chi connectivity index (χ1) is 4.50. The minimum Gasteiger partial charge on any atom is -0.322 e. The molecule has 0 aliphatic heterocycles. The van der Waals surface area contributed by atoms with Crippen LogP contribution in [0, 0.1) is 0 Å². The van der Waals surface area contributed by atoms with Crippen LogP contribution >= 0.6 is 0 Å². The zero-order chi connectivity index (χ0) is 7.78. The number of nitrogen functional groups attached to an aromatic ring is 1. The Labute approximate surface area is 61.0 Å². The molecule has 0 spiro atoms.